The number of halogens is 1. The molecule has 9 heteroatoms. The molecule has 0 spiro atoms. The molecule has 0 fully saturated rings. The van der Waals surface area contributed by atoms with Gasteiger partial charge in [-0.25, -0.2) is 8.42 Å². The molecule has 1 N–H and O–H groups in total. The number of sulfonamides is 1. The number of hydrogen-bond acceptors (Lipinski definition) is 5. The molecule has 0 radical (unpaired) electrons. The Balaban J connectivity index is 1.75. The van der Waals surface area contributed by atoms with Crippen LogP contribution in [0.25, 0.3) is 0 Å². The molecule has 0 aliphatic heterocycles. The fourth-order valence-corrected chi connectivity index (χ4v) is 4.98. The Kier molecular flexibility index (Phi) is 7.61. The fourth-order valence-electron chi connectivity index (χ4n) is 3.00. The van der Waals surface area contributed by atoms with Crippen molar-refractivity contribution in [3.05, 3.63) is 77.8 Å². The topological polar surface area (TPSA) is 84.9 Å². The lowest BCUT2D eigenvalue weighted by Crippen LogP contribution is -2.31. The minimum atomic E-state index is -3.95. The predicted octanol–water partition coefficient (Wildman–Crippen LogP) is 4.58. The number of ether oxygens (including phenoxy) is 2. The van der Waals surface area contributed by atoms with Crippen LogP contribution in [0.15, 0.2) is 77.7 Å². The molecule has 7 nitrogen and oxygen atoms in total. The Labute approximate surface area is 192 Å². The van der Waals surface area contributed by atoms with Crippen molar-refractivity contribution in [3.63, 3.8) is 0 Å². The van der Waals surface area contributed by atoms with Gasteiger partial charge in [0.05, 0.1) is 17.8 Å². The van der Waals surface area contributed by atoms with Crippen molar-refractivity contribution < 1.29 is 22.7 Å². The molecule has 0 unspecified atom stereocenters. The second-order valence-corrected chi connectivity index (χ2v) is 8.90. The number of carbonyl (C=O) groups is 1. The summed E-state index contributed by atoms with van der Waals surface area (Å²) >= 11 is 6.22. The molecular weight excluding hydrogens is 452 g/mol. The van der Waals surface area contributed by atoms with Crippen LogP contribution in [0.5, 0.6) is 11.5 Å². The lowest BCUT2D eigenvalue weighted by Gasteiger charge is -2.23. The van der Waals surface area contributed by atoms with E-state index in [9.17, 15) is 13.2 Å². The standard InChI is InChI=1S/C23H23ClN2O5S/c1-3-26(18-7-5-4-6-8-18)32(28,29)22-15-17(9-14-21(22)24)25-23(27)16-31-20-12-10-19(30-2)11-13-20/h4-15H,3,16H2,1-2H3,(H,25,27). The number of para-hydroxylation sites is 1. The summed E-state index contributed by atoms with van der Waals surface area (Å²) in [5, 5.41) is 2.70. The Morgan fingerprint density at radius 2 is 1.66 bits per heavy atom. The second kappa shape index (κ2) is 10.4. The van der Waals surface area contributed by atoms with Gasteiger partial charge in [0.15, 0.2) is 6.61 Å². The highest BCUT2D eigenvalue weighted by Gasteiger charge is 2.26. The highest BCUT2D eigenvalue weighted by Crippen LogP contribution is 2.30. The largest absolute Gasteiger partial charge is 0.497 e. The lowest BCUT2D eigenvalue weighted by molar-refractivity contribution is -0.118. The third-order valence-electron chi connectivity index (χ3n) is 4.54. The predicted molar refractivity (Wildman–Crippen MR) is 125 cm³/mol. The number of nitrogens with zero attached hydrogens (tertiary/aromatic N) is 1. The number of benzene rings is 3. The zero-order valence-corrected chi connectivity index (χ0v) is 19.2. The van der Waals surface area contributed by atoms with Crippen LogP contribution in [0.2, 0.25) is 5.02 Å². The number of rotatable bonds is 9. The quantitative estimate of drug-likeness (QED) is 0.490. The molecule has 168 valence electrons. The molecule has 0 saturated carbocycles. The maximum Gasteiger partial charge on any atom is 0.265 e. The first-order valence-electron chi connectivity index (χ1n) is 9.79. The Morgan fingerprint density at radius 1 is 1.00 bits per heavy atom. The highest BCUT2D eigenvalue weighted by molar-refractivity contribution is 7.93. The highest BCUT2D eigenvalue weighted by atomic mass is 35.5. The van der Waals surface area contributed by atoms with E-state index in [2.05, 4.69) is 5.32 Å². The van der Waals surface area contributed by atoms with Crippen LogP contribution in [0.3, 0.4) is 0 Å². The molecular formula is C23H23ClN2O5S. The Hall–Kier alpha value is -3.23. The molecule has 0 heterocycles. The van der Waals surface area contributed by atoms with Crippen molar-refractivity contribution in [1.29, 1.82) is 0 Å². The first-order valence-corrected chi connectivity index (χ1v) is 11.6. The van der Waals surface area contributed by atoms with Gasteiger partial charge in [0.25, 0.3) is 15.9 Å². The maximum absolute atomic E-state index is 13.3. The zero-order valence-electron chi connectivity index (χ0n) is 17.6. The van der Waals surface area contributed by atoms with Crippen LogP contribution in [-0.4, -0.2) is 34.6 Å². The molecule has 0 saturated heterocycles. The number of hydrogen-bond donors (Lipinski definition) is 1. The molecule has 0 atom stereocenters. The third-order valence-corrected chi connectivity index (χ3v) is 6.93. The Bertz CT molecular complexity index is 1170. The average Bonchev–Trinajstić information content (AvgIpc) is 2.80. The van der Waals surface area contributed by atoms with Crippen molar-refractivity contribution >= 4 is 38.9 Å². The van der Waals surface area contributed by atoms with Crippen LogP contribution >= 0.6 is 11.6 Å². The zero-order chi connectivity index (χ0) is 23.1. The molecule has 0 aliphatic carbocycles. The normalized spacial score (nSPS) is 11.0. The second-order valence-electron chi connectivity index (χ2n) is 6.66. The van der Waals surface area contributed by atoms with Gasteiger partial charge < -0.3 is 14.8 Å². The van der Waals surface area contributed by atoms with E-state index < -0.39 is 15.9 Å². The van der Waals surface area contributed by atoms with E-state index in [0.29, 0.717) is 22.9 Å². The van der Waals surface area contributed by atoms with Crippen LogP contribution in [-0.2, 0) is 14.8 Å². The van der Waals surface area contributed by atoms with Crippen molar-refractivity contribution in [3.8, 4) is 11.5 Å². The third kappa shape index (κ3) is 5.52. The molecule has 3 rings (SSSR count). The van der Waals surface area contributed by atoms with Gasteiger partial charge in [0.1, 0.15) is 16.4 Å². The molecule has 3 aromatic rings. The number of nitrogens with one attached hydrogen (secondary N) is 1. The van der Waals surface area contributed by atoms with E-state index in [1.165, 1.54) is 22.5 Å². The summed E-state index contributed by atoms with van der Waals surface area (Å²) in [6.07, 6.45) is 0. The molecule has 0 bridgehead atoms. The summed E-state index contributed by atoms with van der Waals surface area (Å²) < 4.78 is 38.3. The molecule has 1 amide bonds. The number of carbonyl (C=O) groups excluding carboxylic acids is 1. The van der Waals surface area contributed by atoms with Gasteiger partial charge in [-0.3, -0.25) is 9.10 Å². The van der Waals surface area contributed by atoms with Crippen LogP contribution in [0.4, 0.5) is 11.4 Å². The molecule has 0 aliphatic rings. The first kappa shape index (κ1) is 23.4. The number of methoxy groups -OCH3 is 1. The van der Waals surface area contributed by atoms with Gasteiger partial charge in [0.2, 0.25) is 0 Å². The fraction of sp³-hybridized carbons (Fsp3) is 0.174. The molecule has 0 aromatic heterocycles. The summed E-state index contributed by atoms with van der Waals surface area (Å²) in [5.74, 6) is 0.733. The summed E-state index contributed by atoms with van der Waals surface area (Å²) in [6, 6.07) is 19.8. The summed E-state index contributed by atoms with van der Waals surface area (Å²) in [4.78, 5) is 12.2. The van der Waals surface area contributed by atoms with Gasteiger partial charge in [-0.1, -0.05) is 29.8 Å². The summed E-state index contributed by atoms with van der Waals surface area (Å²) in [5.41, 5.74) is 0.814. The van der Waals surface area contributed by atoms with Gasteiger partial charge in [-0.05, 0) is 61.5 Å². The van der Waals surface area contributed by atoms with Crippen LogP contribution < -0.4 is 19.1 Å². The minimum Gasteiger partial charge on any atom is -0.497 e. The molecule has 32 heavy (non-hydrogen) atoms. The first-order chi connectivity index (χ1) is 15.3. The van der Waals surface area contributed by atoms with E-state index in [1.807, 2.05) is 0 Å². The summed E-state index contributed by atoms with van der Waals surface area (Å²) in [6.45, 7) is 1.71. The smallest absolute Gasteiger partial charge is 0.265 e. The number of anilines is 2. The SMILES string of the molecule is CCN(c1ccccc1)S(=O)(=O)c1cc(NC(=O)COc2ccc(OC)cc2)ccc1Cl. The van der Waals surface area contributed by atoms with E-state index in [1.54, 1.807) is 68.6 Å². The Morgan fingerprint density at radius 3 is 2.28 bits per heavy atom. The lowest BCUT2D eigenvalue weighted by atomic mass is 10.3. The van der Waals surface area contributed by atoms with Gasteiger partial charge in [-0.15, -0.1) is 0 Å². The average molecular weight is 475 g/mol. The van der Waals surface area contributed by atoms with Crippen LogP contribution in [0, 0.1) is 0 Å². The van der Waals surface area contributed by atoms with Gasteiger partial charge in [0, 0.05) is 12.2 Å². The van der Waals surface area contributed by atoms with Gasteiger partial charge >= 0.3 is 0 Å². The molecule has 3 aromatic carbocycles. The van der Waals surface area contributed by atoms with Crippen molar-refractivity contribution in [2.24, 2.45) is 0 Å². The maximum atomic E-state index is 13.3. The van der Waals surface area contributed by atoms with E-state index >= 15 is 0 Å². The van der Waals surface area contributed by atoms with Gasteiger partial charge in [-0.2, -0.15) is 0 Å². The van der Waals surface area contributed by atoms with E-state index in [0.717, 1.165) is 0 Å². The van der Waals surface area contributed by atoms with Crippen molar-refractivity contribution in [2.45, 2.75) is 11.8 Å². The number of amides is 1. The summed E-state index contributed by atoms with van der Waals surface area (Å²) in [7, 11) is -2.39. The van der Waals surface area contributed by atoms with E-state index in [4.69, 9.17) is 21.1 Å². The van der Waals surface area contributed by atoms with Crippen molar-refractivity contribution in [2.75, 3.05) is 29.9 Å². The monoisotopic (exact) mass is 474 g/mol. The van der Waals surface area contributed by atoms with E-state index in [-0.39, 0.29) is 23.1 Å². The minimum absolute atomic E-state index is 0.0619. The van der Waals surface area contributed by atoms with Crippen LogP contribution in [0.1, 0.15) is 6.92 Å². The van der Waals surface area contributed by atoms with Crippen molar-refractivity contribution in [1.82, 2.24) is 0 Å².